The molecule has 3 heterocycles. The van der Waals surface area contributed by atoms with Crippen molar-refractivity contribution in [3.8, 4) is 0 Å². The molecular formula is C18H20F2N4O. The van der Waals surface area contributed by atoms with Gasteiger partial charge in [-0.25, -0.2) is 13.8 Å². The Kier molecular flexibility index (Phi) is 4.25. The van der Waals surface area contributed by atoms with Gasteiger partial charge < -0.3 is 9.88 Å². The number of halogens is 2. The highest BCUT2D eigenvalue weighted by molar-refractivity contribution is 5.99. The molecule has 0 aliphatic carbocycles. The standard InChI is InChI=1S/C18H20F2N4O/c19-13-4-1-5-14(20)16(13)24-10-6-15(18(24)25)23-9-2-3-12(11-23)17-21-7-8-22-17/h1,4-5,7-8,12,15H,2-3,6,9-11H2,(H,21,22). The topological polar surface area (TPSA) is 52.2 Å². The number of aromatic amines is 1. The third kappa shape index (κ3) is 2.93. The number of H-pyrrole nitrogens is 1. The molecule has 7 heteroatoms. The smallest absolute Gasteiger partial charge is 0.244 e. The first-order valence-corrected chi connectivity index (χ1v) is 8.64. The molecule has 0 radical (unpaired) electrons. The lowest BCUT2D eigenvalue weighted by atomic mass is 9.95. The molecule has 1 aromatic heterocycles. The number of carbonyl (C=O) groups is 1. The van der Waals surface area contributed by atoms with E-state index in [1.807, 2.05) is 0 Å². The van der Waals surface area contributed by atoms with E-state index in [0.29, 0.717) is 13.0 Å². The Labute approximate surface area is 144 Å². The first-order valence-electron chi connectivity index (χ1n) is 8.64. The van der Waals surface area contributed by atoms with E-state index in [1.54, 1.807) is 12.4 Å². The van der Waals surface area contributed by atoms with Crippen molar-refractivity contribution in [1.82, 2.24) is 14.9 Å². The highest BCUT2D eigenvalue weighted by Gasteiger charge is 2.40. The number of amides is 1. The summed E-state index contributed by atoms with van der Waals surface area (Å²) in [7, 11) is 0. The molecule has 1 aromatic carbocycles. The van der Waals surface area contributed by atoms with Gasteiger partial charge >= 0.3 is 0 Å². The van der Waals surface area contributed by atoms with Gasteiger partial charge in [-0.3, -0.25) is 9.69 Å². The van der Waals surface area contributed by atoms with E-state index in [9.17, 15) is 13.6 Å². The van der Waals surface area contributed by atoms with Crippen molar-refractivity contribution in [2.45, 2.75) is 31.2 Å². The summed E-state index contributed by atoms with van der Waals surface area (Å²) in [6, 6.07) is 3.36. The number of para-hydroxylation sites is 1. The molecule has 2 aliphatic heterocycles. The van der Waals surface area contributed by atoms with E-state index in [1.165, 1.54) is 23.1 Å². The van der Waals surface area contributed by atoms with Crippen LogP contribution in [0.15, 0.2) is 30.6 Å². The number of piperidine rings is 1. The Morgan fingerprint density at radius 3 is 2.68 bits per heavy atom. The van der Waals surface area contributed by atoms with E-state index < -0.39 is 11.6 Å². The quantitative estimate of drug-likeness (QED) is 0.930. The fraction of sp³-hybridized carbons (Fsp3) is 0.444. The summed E-state index contributed by atoms with van der Waals surface area (Å²) < 4.78 is 28.1. The van der Waals surface area contributed by atoms with Gasteiger partial charge in [-0.2, -0.15) is 0 Å². The number of aromatic nitrogens is 2. The molecule has 2 aliphatic rings. The average molecular weight is 346 g/mol. The summed E-state index contributed by atoms with van der Waals surface area (Å²) in [4.78, 5) is 23.7. The molecule has 2 fully saturated rings. The summed E-state index contributed by atoms with van der Waals surface area (Å²) in [6.45, 7) is 1.89. The molecule has 2 aromatic rings. The number of carbonyl (C=O) groups excluding carboxylic acids is 1. The van der Waals surface area contributed by atoms with Crippen LogP contribution in [0.4, 0.5) is 14.5 Å². The number of nitrogens with zero attached hydrogens (tertiary/aromatic N) is 3. The van der Waals surface area contributed by atoms with Gasteiger partial charge in [0.15, 0.2) is 0 Å². The average Bonchev–Trinajstić information content (AvgIpc) is 3.26. The highest BCUT2D eigenvalue weighted by Crippen LogP contribution is 2.32. The van der Waals surface area contributed by atoms with Gasteiger partial charge in [0.1, 0.15) is 23.1 Å². The van der Waals surface area contributed by atoms with Crippen LogP contribution in [-0.4, -0.2) is 46.5 Å². The van der Waals surface area contributed by atoms with Gasteiger partial charge in [0.2, 0.25) is 5.91 Å². The number of imidazole rings is 1. The molecule has 2 saturated heterocycles. The maximum Gasteiger partial charge on any atom is 0.244 e. The van der Waals surface area contributed by atoms with Gasteiger partial charge in [0.25, 0.3) is 0 Å². The number of hydrogen-bond acceptors (Lipinski definition) is 3. The number of rotatable bonds is 3. The van der Waals surface area contributed by atoms with Crippen LogP contribution >= 0.6 is 0 Å². The second kappa shape index (κ2) is 6.55. The Morgan fingerprint density at radius 1 is 1.16 bits per heavy atom. The molecular weight excluding hydrogens is 326 g/mol. The van der Waals surface area contributed by atoms with Gasteiger partial charge in [0.05, 0.1) is 6.04 Å². The third-order valence-electron chi connectivity index (χ3n) is 5.18. The van der Waals surface area contributed by atoms with Crippen LogP contribution in [0.2, 0.25) is 0 Å². The second-order valence-corrected chi connectivity index (χ2v) is 6.67. The van der Waals surface area contributed by atoms with Crippen LogP contribution in [0.1, 0.15) is 31.0 Å². The molecule has 0 bridgehead atoms. The lowest BCUT2D eigenvalue weighted by Gasteiger charge is -2.35. The highest BCUT2D eigenvalue weighted by atomic mass is 19.1. The fourth-order valence-corrected chi connectivity index (χ4v) is 3.99. The normalized spacial score (nSPS) is 24.9. The van der Waals surface area contributed by atoms with E-state index >= 15 is 0 Å². The van der Waals surface area contributed by atoms with Crippen molar-refractivity contribution in [3.05, 3.63) is 48.1 Å². The van der Waals surface area contributed by atoms with Gasteiger partial charge in [-0.05, 0) is 37.9 Å². The van der Waals surface area contributed by atoms with E-state index in [0.717, 1.165) is 31.8 Å². The van der Waals surface area contributed by atoms with Crippen LogP contribution in [0, 0.1) is 11.6 Å². The van der Waals surface area contributed by atoms with Crippen LogP contribution in [0.25, 0.3) is 0 Å². The number of hydrogen-bond donors (Lipinski definition) is 1. The lowest BCUT2D eigenvalue weighted by molar-refractivity contribution is -0.122. The zero-order chi connectivity index (χ0) is 17.4. The van der Waals surface area contributed by atoms with Crippen molar-refractivity contribution < 1.29 is 13.6 Å². The summed E-state index contributed by atoms with van der Waals surface area (Å²) >= 11 is 0. The lowest BCUT2D eigenvalue weighted by Crippen LogP contribution is -2.46. The van der Waals surface area contributed by atoms with Crippen molar-refractivity contribution in [2.75, 3.05) is 24.5 Å². The first-order chi connectivity index (χ1) is 12.1. The Morgan fingerprint density at radius 2 is 1.96 bits per heavy atom. The summed E-state index contributed by atoms with van der Waals surface area (Å²) in [6.07, 6.45) is 6.12. The molecule has 5 nitrogen and oxygen atoms in total. The van der Waals surface area contributed by atoms with Crippen molar-refractivity contribution >= 4 is 11.6 Å². The zero-order valence-electron chi connectivity index (χ0n) is 13.8. The Hall–Kier alpha value is -2.28. The van der Waals surface area contributed by atoms with Crippen LogP contribution in [0.3, 0.4) is 0 Å². The van der Waals surface area contributed by atoms with Crippen LogP contribution < -0.4 is 4.90 Å². The molecule has 1 N–H and O–H groups in total. The number of anilines is 1. The van der Waals surface area contributed by atoms with Crippen LogP contribution in [0.5, 0.6) is 0 Å². The molecule has 2 atom stereocenters. The Balaban J connectivity index is 1.52. The van der Waals surface area contributed by atoms with E-state index in [2.05, 4.69) is 14.9 Å². The fourth-order valence-electron chi connectivity index (χ4n) is 3.99. The molecule has 0 saturated carbocycles. The monoisotopic (exact) mass is 346 g/mol. The minimum absolute atomic E-state index is 0.218. The van der Waals surface area contributed by atoms with Crippen molar-refractivity contribution in [2.24, 2.45) is 0 Å². The predicted octanol–water partition coefficient (Wildman–Crippen LogP) is 2.67. The van der Waals surface area contributed by atoms with Crippen LogP contribution in [-0.2, 0) is 4.79 Å². The molecule has 2 unspecified atom stereocenters. The van der Waals surface area contributed by atoms with Crippen molar-refractivity contribution in [1.29, 1.82) is 0 Å². The van der Waals surface area contributed by atoms with Gasteiger partial charge in [0, 0.05) is 31.4 Å². The van der Waals surface area contributed by atoms with Gasteiger partial charge in [-0.15, -0.1) is 0 Å². The number of likely N-dealkylation sites (tertiary alicyclic amines) is 1. The minimum atomic E-state index is -0.693. The molecule has 4 rings (SSSR count). The second-order valence-electron chi connectivity index (χ2n) is 6.67. The maximum atomic E-state index is 14.0. The van der Waals surface area contributed by atoms with Gasteiger partial charge in [-0.1, -0.05) is 6.07 Å². The Bertz CT molecular complexity index is 744. The summed E-state index contributed by atoms with van der Waals surface area (Å²) in [5.74, 6) is -0.408. The van der Waals surface area contributed by atoms with E-state index in [-0.39, 0.29) is 23.6 Å². The van der Waals surface area contributed by atoms with E-state index in [4.69, 9.17) is 0 Å². The minimum Gasteiger partial charge on any atom is -0.348 e. The molecule has 25 heavy (non-hydrogen) atoms. The molecule has 132 valence electrons. The first kappa shape index (κ1) is 16.2. The third-order valence-corrected chi connectivity index (χ3v) is 5.18. The summed E-state index contributed by atoms with van der Waals surface area (Å²) in [5.41, 5.74) is -0.227. The largest absolute Gasteiger partial charge is 0.348 e. The predicted molar refractivity (Wildman–Crippen MR) is 89.3 cm³/mol. The van der Waals surface area contributed by atoms with Crippen molar-refractivity contribution in [3.63, 3.8) is 0 Å². The molecule has 1 amide bonds. The number of nitrogens with one attached hydrogen (secondary N) is 1. The zero-order valence-corrected chi connectivity index (χ0v) is 13.8. The number of benzene rings is 1. The SMILES string of the molecule is O=C1C(N2CCCC(c3ncc[nH]3)C2)CCN1c1c(F)cccc1F. The summed E-state index contributed by atoms with van der Waals surface area (Å²) in [5, 5.41) is 0. The molecule has 0 spiro atoms. The maximum absolute atomic E-state index is 14.0.